The Bertz CT molecular complexity index is 1020. The van der Waals surface area contributed by atoms with Crippen molar-refractivity contribution in [2.75, 3.05) is 18.5 Å². The summed E-state index contributed by atoms with van der Waals surface area (Å²) >= 11 is 0. The Kier molecular flexibility index (Phi) is 5.49. The van der Waals surface area contributed by atoms with E-state index in [0.717, 1.165) is 5.52 Å². The molecule has 0 aliphatic heterocycles. The number of aryl methyl sites for hydroxylation is 1. The van der Waals surface area contributed by atoms with Gasteiger partial charge in [-0.05, 0) is 38.1 Å². The fourth-order valence-corrected chi connectivity index (χ4v) is 2.99. The molecule has 0 spiro atoms. The van der Waals surface area contributed by atoms with Crippen LogP contribution >= 0.6 is 0 Å². The van der Waals surface area contributed by atoms with E-state index < -0.39 is 0 Å². The number of aromatic nitrogens is 2. The van der Waals surface area contributed by atoms with E-state index >= 15 is 0 Å². The number of amides is 1. The molecule has 0 saturated heterocycles. The van der Waals surface area contributed by atoms with Gasteiger partial charge in [0.25, 0.3) is 0 Å². The lowest BCUT2D eigenvalue weighted by Crippen LogP contribution is -2.28. The lowest BCUT2D eigenvalue weighted by Gasteiger charge is -2.13. The second-order valence-electron chi connectivity index (χ2n) is 5.99. The highest BCUT2D eigenvalue weighted by atomic mass is 16.5. The lowest BCUT2D eigenvalue weighted by atomic mass is 10.2. The predicted octanol–water partition coefficient (Wildman–Crippen LogP) is 2.78. The summed E-state index contributed by atoms with van der Waals surface area (Å²) in [5, 5.41) is 2.83. The molecule has 0 fully saturated rings. The van der Waals surface area contributed by atoms with Crippen molar-refractivity contribution in [2.45, 2.75) is 20.4 Å². The summed E-state index contributed by atoms with van der Waals surface area (Å²) in [5.74, 6) is 0.876. The van der Waals surface area contributed by atoms with Gasteiger partial charge < -0.3 is 14.8 Å². The zero-order valence-electron chi connectivity index (χ0n) is 15.7. The monoisotopic (exact) mass is 369 g/mol. The molecule has 2 aromatic carbocycles. The van der Waals surface area contributed by atoms with Crippen molar-refractivity contribution in [3.8, 4) is 11.5 Å². The highest BCUT2D eigenvalue weighted by Crippen LogP contribution is 2.29. The van der Waals surface area contributed by atoms with E-state index in [1.807, 2.05) is 38.1 Å². The maximum absolute atomic E-state index is 12.6. The molecule has 7 heteroatoms. The number of rotatable bonds is 7. The molecule has 0 radical (unpaired) electrons. The first-order valence-electron chi connectivity index (χ1n) is 8.88. The van der Waals surface area contributed by atoms with Gasteiger partial charge in [-0.15, -0.1) is 0 Å². The van der Waals surface area contributed by atoms with Crippen LogP contribution in [0.2, 0.25) is 0 Å². The number of carbonyl (C=O) groups is 1. The minimum atomic E-state index is -0.317. The number of carbonyl (C=O) groups excluding carboxylic acids is 1. The van der Waals surface area contributed by atoms with E-state index in [1.54, 1.807) is 25.2 Å². The van der Waals surface area contributed by atoms with E-state index in [0.29, 0.717) is 35.9 Å². The van der Waals surface area contributed by atoms with Crippen LogP contribution in [0.4, 0.5) is 5.69 Å². The van der Waals surface area contributed by atoms with Crippen molar-refractivity contribution in [3.63, 3.8) is 0 Å². The van der Waals surface area contributed by atoms with Crippen LogP contribution in [-0.2, 0) is 18.4 Å². The number of benzene rings is 2. The van der Waals surface area contributed by atoms with Gasteiger partial charge in [0.05, 0.1) is 29.9 Å². The quantitative estimate of drug-likeness (QED) is 0.695. The predicted molar refractivity (Wildman–Crippen MR) is 105 cm³/mol. The second-order valence-corrected chi connectivity index (χ2v) is 5.99. The van der Waals surface area contributed by atoms with Gasteiger partial charge in [0.2, 0.25) is 5.91 Å². The van der Waals surface area contributed by atoms with Crippen molar-refractivity contribution >= 4 is 22.6 Å². The van der Waals surface area contributed by atoms with Crippen LogP contribution in [0.5, 0.6) is 11.5 Å². The molecule has 1 N–H and O–H groups in total. The number of nitrogens with zero attached hydrogens (tertiary/aromatic N) is 2. The van der Waals surface area contributed by atoms with Gasteiger partial charge in [-0.1, -0.05) is 12.1 Å². The van der Waals surface area contributed by atoms with Crippen molar-refractivity contribution in [3.05, 3.63) is 52.9 Å². The first kappa shape index (κ1) is 18.6. The average molecular weight is 369 g/mol. The zero-order chi connectivity index (χ0) is 19.4. The number of hydrogen-bond acceptors (Lipinski definition) is 4. The molecule has 7 nitrogen and oxygen atoms in total. The van der Waals surface area contributed by atoms with Crippen LogP contribution in [0, 0.1) is 0 Å². The van der Waals surface area contributed by atoms with Gasteiger partial charge in [0.15, 0.2) is 0 Å². The number of anilines is 1. The molecule has 1 aromatic heterocycles. The fraction of sp³-hybridized carbons (Fsp3) is 0.300. The molecule has 1 heterocycles. The number of fused-ring (bicyclic) bond motifs is 1. The maximum atomic E-state index is 12.6. The van der Waals surface area contributed by atoms with Crippen LogP contribution in [0.1, 0.15) is 13.8 Å². The third kappa shape index (κ3) is 3.81. The van der Waals surface area contributed by atoms with Gasteiger partial charge >= 0.3 is 5.69 Å². The summed E-state index contributed by atoms with van der Waals surface area (Å²) in [6.45, 7) is 4.66. The second kappa shape index (κ2) is 7.99. The highest BCUT2D eigenvalue weighted by molar-refractivity contribution is 5.93. The Labute approximate surface area is 157 Å². The van der Waals surface area contributed by atoms with Gasteiger partial charge in [-0.2, -0.15) is 0 Å². The molecule has 1 amide bonds. The van der Waals surface area contributed by atoms with Crippen molar-refractivity contribution < 1.29 is 14.3 Å². The molecule has 0 aliphatic rings. The molecule has 0 atom stereocenters. The van der Waals surface area contributed by atoms with Crippen LogP contribution in [-0.4, -0.2) is 28.3 Å². The number of para-hydroxylation sites is 2. The van der Waals surface area contributed by atoms with Crippen LogP contribution < -0.4 is 20.5 Å². The first-order valence-corrected chi connectivity index (χ1v) is 8.88. The van der Waals surface area contributed by atoms with E-state index in [2.05, 4.69) is 5.32 Å². The smallest absolute Gasteiger partial charge is 0.329 e. The topological polar surface area (TPSA) is 74.5 Å². The SMILES string of the molecule is CCOc1ccc(OCC)c(NC(=O)Cn2c(=O)n(C)c3ccccc32)c1. The Morgan fingerprint density at radius 2 is 1.74 bits per heavy atom. The van der Waals surface area contributed by atoms with Crippen molar-refractivity contribution in [2.24, 2.45) is 7.05 Å². The molecule has 0 aliphatic carbocycles. The molecule has 0 saturated carbocycles. The van der Waals surface area contributed by atoms with Crippen molar-refractivity contribution in [1.29, 1.82) is 0 Å². The summed E-state index contributed by atoms with van der Waals surface area (Å²) in [5.41, 5.74) is 1.78. The first-order chi connectivity index (χ1) is 13.0. The number of hydrogen-bond donors (Lipinski definition) is 1. The third-order valence-electron chi connectivity index (χ3n) is 4.19. The normalized spacial score (nSPS) is 10.8. The number of ether oxygens (including phenoxy) is 2. The number of nitrogens with one attached hydrogen (secondary N) is 1. The van der Waals surface area contributed by atoms with Gasteiger partial charge in [-0.25, -0.2) is 4.79 Å². The molecule has 0 unspecified atom stereocenters. The minimum Gasteiger partial charge on any atom is -0.494 e. The van der Waals surface area contributed by atoms with Gasteiger partial charge in [0.1, 0.15) is 18.0 Å². The van der Waals surface area contributed by atoms with E-state index in [1.165, 1.54) is 9.13 Å². The maximum Gasteiger partial charge on any atom is 0.329 e. The summed E-state index contributed by atoms with van der Waals surface area (Å²) < 4.78 is 14.1. The van der Waals surface area contributed by atoms with E-state index in [9.17, 15) is 9.59 Å². The summed E-state index contributed by atoms with van der Waals surface area (Å²) in [6, 6.07) is 12.6. The van der Waals surface area contributed by atoms with Crippen LogP contribution in [0.3, 0.4) is 0 Å². The summed E-state index contributed by atoms with van der Waals surface area (Å²) in [6.07, 6.45) is 0. The van der Waals surface area contributed by atoms with E-state index in [-0.39, 0.29) is 18.1 Å². The summed E-state index contributed by atoms with van der Waals surface area (Å²) in [4.78, 5) is 25.1. The van der Waals surface area contributed by atoms with Crippen LogP contribution in [0.25, 0.3) is 11.0 Å². The lowest BCUT2D eigenvalue weighted by molar-refractivity contribution is -0.116. The molecular formula is C20H23N3O4. The Morgan fingerprint density at radius 3 is 2.44 bits per heavy atom. The molecular weight excluding hydrogens is 346 g/mol. The molecule has 27 heavy (non-hydrogen) atoms. The minimum absolute atomic E-state index is 0.0926. The Balaban J connectivity index is 1.87. The van der Waals surface area contributed by atoms with Gasteiger partial charge in [-0.3, -0.25) is 13.9 Å². The standard InChI is InChI=1S/C20H23N3O4/c1-4-26-14-10-11-18(27-5-2)15(12-14)21-19(24)13-23-17-9-7-6-8-16(17)22(3)20(23)25/h6-12H,4-5,13H2,1-3H3,(H,21,24). The zero-order valence-corrected chi connectivity index (χ0v) is 15.7. The number of imidazole rings is 1. The van der Waals surface area contributed by atoms with E-state index in [4.69, 9.17) is 9.47 Å². The van der Waals surface area contributed by atoms with Crippen molar-refractivity contribution in [1.82, 2.24) is 9.13 Å². The molecule has 0 bridgehead atoms. The third-order valence-corrected chi connectivity index (χ3v) is 4.19. The van der Waals surface area contributed by atoms with Crippen LogP contribution in [0.15, 0.2) is 47.3 Å². The summed E-state index contributed by atoms with van der Waals surface area (Å²) in [7, 11) is 1.69. The van der Waals surface area contributed by atoms with Gasteiger partial charge in [0, 0.05) is 13.1 Å². The molecule has 3 aromatic rings. The Morgan fingerprint density at radius 1 is 1.04 bits per heavy atom. The fourth-order valence-electron chi connectivity index (χ4n) is 2.99. The largest absolute Gasteiger partial charge is 0.494 e. The molecule has 3 rings (SSSR count). The average Bonchev–Trinajstić information content (AvgIpc) is 2.89. The highest BCUT2D eigenvalue weighted by Gasteiger charge is 2.15. The molecule has 142 valence electrons. The Hall–Kier alpha value is -3.22.